The van der Waals surface area contributed by atoms with Crippen LogP contribution in [0.1, 0.15) is 28.9 Å². The molecule has 1 N–H and O–H groups in total. The van der Waals surface area contributed by atoms with Crippen LogP contribution in [0.15, 0.2) is 37.1 Å². The first-order chi connectivity index (χ1) is 15.0. The lowest BCUT2D eigenvalue weighted by Crippen LogP contribution is -2.56. The zero-order chi connectivity index (χ0) is 23.6. The molecule has 1 fully saturated rings. The van der Waals surface area contributed by atoms with Gasteiger partial charge in [0.25, 0.3) is 5.91 Å². The van der Waals surface area contributed by atoms with Gasteiger partial charge in [0, 0.05) is 26.2 Å². The smallest absolute Gasteiger partial charge is 0.252 e. The first kappa shape index (κ1) is 23.8. The maximum Gasteiger partial charge on any atom is 0.252 e. The number of nitrogens with one attached hydrogen (secondary N) is 1. The molecule has 1 aliphatic rings. The lowest BCUT2D eigenvalue weighted by Gasteiger charge is -2.44. The summed E-state index contributed by atoms with van der Waals surface area (Å²) in [5.74, 6) is -0.633. The van der Waals surface area contributed by atoms with E-state index in [9.17, 15) is 18.0 Å². The molecule has 32 heavy (non-hydrogen) atoms. The van der Waals surface area contributed by atoms with Crippen LogP contribution in [0.5, 0.6) is 0 Å². The van der Waals surface area contributed by atoms with Crippen molar-refractivity contribution in [2.75, 3.05) is 26.4 Å². The Kier molecular flexibility index (Phi) is 6.91. The van der Waals surface area contributed by atoms with E-state index in [-0.39, 0.29) is 35.6 Å². The zero-order valence-corrected chi connectivity index (χ0v) is 19.4. The Morgan fingerprint density at radius 1 is 1.25 bits per heavy atom. The van der Waals surface area contributed by atoms with E-state index < -0.39 is 22.1 Å². The number of sulfonamides is 1. The maximum absolute atomic E-state index is 12.6. The van der Waals surface area contributed by atoms with Crippen LogP contribution in [0, 0.1) is 0 Å². The number of amides is 2. The molecule has 0 aromatic carbocycles. The first-order valence-corrected chi connectivity index (χ1v) is 11.9. The minimum atomic E-state index is -3.61. The number of rotatable bonds is 5. The molecule has 1 aliphatic heterocycles. The Morgan fingerprint density at radius 2 is 1.97 bits per heavy atom. The van der Waals surface area contributed by atoms with Gasteiger partial charge < -0.3 is 10.2 Å². The number of nitrogens with zero attached hydrogens (tertiary/aromatic N) is 5. The highest BCUT2D eigenvalue weighted by Crippen LogP contribution is 2.34. The molecule has 1 saturated heterocycles. The van der Waals surface area contributed by atoms with Gasteiger partial charge in [0.15, 0.2) is 0 Å². The standard InChI is InChI=1S/C20H23ClN6O4S/c1-5-19(28)26-10-12(2)27(32(4,30)31)17(11-26)13-6-15(24-18(21)8-13)16-7-14(9-23-25-16)20(29)22-3/h5-9,12,17H,1,10-11H2,2-4H3,(H,22,29)/t12-,17+/m1/s1. The van der Waals surface area contributed by atoms with Gasteiger partial charge in [-0.3, -0.25) is 9.59 Å². The highest BCUT2D eigenvalue weighted by Gasteiger charge is 2.40. The molecule has 0 saturated carbocycles. The van der Waals surface area contributed by atoms with Crippen molar-refractivity contribution in [3.05, 3.63) is 53.3 Å². The normalized spacial score (nSPS) is 19.4. The van der Waals surface area contributed by atoms with Crippen LogP contribution in [0.2, 0.25) is 5.15 Å². The molecule has 0 radical (unpaired) electrons. The van der Waals surface area contributed by atoms with Crippen LogP contribution >= 0.6 is 11.6 Å². The number of pyridine rings is 1. The van der Waals surface area contributed by atoms with Crippen molar-refractivity contribution in [3.8, 4) is 11.4 Å². The quantitative estimate of drug-likeness (QED) is 0.506. The van der Waals surface area contributed by atoms with Crippen molar-refractivity contribution in [1.82, 2.24) is 29.7 Å². The van der Waals surface area contributed by atoms with Crippen molar-refractivity contribution >= 4 is 33.4 Å². The molecule has 0 aliphatic carbocycles. The van der Waals surface area contributed by atoms with E-state index in [0.717, 1.165) is 6.26 Å². The number of carbonyl (C=O) groups excluding carboxylic acids is 2. The summed E-state index contributed by atoms with van der Waals surface area (Å²) in [5, 5.41) is 10.5. The molecule has 2 aromatic heterocycles. The fourth-order valence-electron chi connectivity index (χ4n) is 3.79. The lowest BCUT2D eigenvalue weighted by atomic mass is 10.0. The summed E-state index contributed by atoms with van der Waals surface area (Å²) in [6, 6.07) is 3.53. The van der Waals surface area contributed by atoms with Crippen molar-refractivity contribution in [3.63, 3.8) is 0 Å². The van der Waals surface area contributed by atoms with Crippen LogP contribution < -0.4 is 5.32 Å². The highest BCUT2D eigenvalue weighted by atomic mass is 35.5. The van der Waals surface area contributed by atoms with Crippen molar-refractivity contribution in [1.29, 1.82) is 0 Å². The van der Waals surface area contributed by atoms with Crippen LogP contribution in [0.4, 0.5) is 0 Å². The molecule has 12 heteroatoms. The van der Waals surface area contributed by atoms with E-state index in [1.807, 2.05) is 0 Å². The van der Waals surface area contributed by atoms with Gasteiger partial charge in [-0.05, 0) is 36.8 Å². The second-order valence-electron chi connectivity index (χ2n) is 7.42. The molecule has 10 nitrogen and oxygen atoms in total. The van der Waals surface area contributed by atoms with E-state index in [4.69, 9.17) is 11.6 Å². The predicted molar refractivity (Wildman–Crippen MR) is 119 cm³/mol. The second-order valence-corrected chi connectivity index (χ2v) is 9.70. The van der Waals surface area contributed by atoms with Crippen LogP contribution in [-0.2, 0) is 14.8 Å². The summed E-state index contributed by atoms with van der Waals surface area (Å²) in [4.78, 5) is 30.0. The number of aromatic nitrogens is 3. The number of carbonyl (C=O) groups is 2. The van der Waals surface area contributed by atoms with Gasteiger partial charge in [-0.2, -0.15) is 9.40 Å². The summed E-state index contributed by atoms with van der Waals surface area (Å²) >= 11 is 6.27. The van der Waals surface area contributed by atoms with Gasteiger partial charge >= 0.3 is 0 Å². The summed E-state index contributed by atoms with van der Waals surface area (Å²) in [7, 11) is -2.12. The first-order valence-electron chi connectivity index (χ1n) is 9.67. The molecule has 170 valence electrons. The average Bonchev–Trinajstić information content (AvgIpc) is 2.76. The molecular weight excluding hydrogens is 456 g/mol. The Hall–Kier alpha value is -2.89. The fraction of sp³-hybridized carbons (Fsp3) is 0.350. The topological polar surface area (TPSA) is 125 Å². The fourth-order valence-corrected chi connectivity index (χ4v) is 5.38. The van der Waals surface area contributed by atoms with Crippen molar-refractivity contribution in [2.24, 2.45) is 0 Å². The third kappa shape index (κ3) is 4.95. The van der Waals surface area contributed by atoms with Gasteiger partial charge in [-0.1, -0.05) is 18.2 Å². The molecule has 3 rings (SSSR count). The van der Waals surface area contributed by atoms with E-state index in [1.54, 1.807) is 24.0 Å². The number of piperazine rings is 1. The second kappa shape index (κ2) is 9.31. The molecule has 0 unspecified atom stereocenters. The summed E-state index contributed by atoms with van der Waals surface area (Å²) < 4.78 is 26.6. The summed E-state index contributed by atoms with van der Waals surface area (Å²) in [6.07, 6.45) is 3.65. The molecule has 2 atom stereocenters. The molecule has 3 heterocycles. The van der Waals surface area contributed by atoms with E-state index in [1.165, 1.54) is 29.7 Å². The molecule has 2 aromatic rings. The van der Waals surface area contributed by atoms with Crippen molar-refractivity contribution in [2.45, 2.75) is 19.0 Å². The van der Waals surface area contributed by atoms with Crippen LogP contribution in [0.25, 0.3) is 11.4 Å². The highest BCUT2D eigenvalue weighted by molar-refractivity contribution is 7.88. The largest absolute Gasteiger partial charge is 0.355 e. The minimum Gasteiger partial charge on any atom is -0.355 e. The lowest BCUT2D eigenvalue weighted by molar-refractivity contribution is -0.129. The Bertz CT molecular complexity index is 1170. The SMILES string of the molecule is C=CC(=O)N1C[C@@H](C)N(S(C)(=O)=O)[C@H](c2cc(Cl)nc(-c3cc(C(=O)NC)cnn3)c2)C1. The monoisotopic (exact) mass is 478 g/mol. The molecule has 0 spiro atoms. The van der Waals surface area contributed by atoms with Gasteiger partial charge in [0.1, 0.15) is 10.8 Å². The zero-order valence-electron chi connectivity index (χ0n) is 17.8. The van der Waals surface area contributed by atoms with Gasteiger partial charge in [0.2, 0.25) is 15.9 Å². The summed E-state index contributed by atoms with van der Waals surface area (Å²) in [5.41, 5.74) is 1.43. The minimum absolute atomic E-state index is 0.109. The van der Waals surface area contributed by atoms with Crippen LogP contribution in [-0.4, -0.2) is 77.1 Å². The van der Waals surface area contributed by atoms with Gasteiger partial charge in [-0.25, -0.2) is 13.4 Å². The Labute approximate surface area is 191 Å². The van der Waals surface area contributed by atoms with Gasteiger partial charge in [0.05, 0.1) is 29.8 Å². The van der Waals surface area contributed by atoms with E-state index in [2.05, 4.69) is 27.1 Å². The Morgan fingerprint density at radius 3 is 2.59 bits per heavy atom. The van der Waals surface area contributed by atoms with Crippen LogP contribution in [0.3, 0.4) is 0 Å². The van der Waals surface area contributed by atoms with E-state index in [0.29, 0.717) is 17.0 Å². The van der Waals surface area contributed by atoms with E-state index >= 15 is 0 Å². The maximum atomic E-state index is 12.6. The third-order valence-corrected chi connectivity index (χ3v) is 6.67. The number of halogens is 1. The average molecular weight is 479 g/mol. The third-order valence-electron chi connectivity index (χ3n) is 5.10. The Balaban J connectivity index is 2.10. The van der Waals surface area contributed by atoms with Gasteiger partial charge in [-0.15, -0.1) is 5.10 Å². The predicted octanol–water partition coefficient (Wildman–Crippen LogP) is 1.27. The molecule has 2 amide bonds. The molecular formula is C20H23ClN6O4S. The van der Waals surface area contributed by atoms with Crippen molar-refractivity contribution < 1.29 is 18.0 Å². The molecule has 0 bridgehead atoms. The summed E-state index contributed by atoms with van der Waals surface area (Å²) in [6.45, 7) is 5.61. The number of hydrogen-bond acceptors (Lipinski definition) is 7. The number of hydrogen-bond donors (Lipinski definition) is 1.